The first-order valence-electron chi connectivity index (χ1n) is 11.0. The molecule has 8 nitrogen and oxygen atoms in total. The van der Waals surface area contributed by atoms with E-state index < -0.39 is 11.9 Å². The summed E-state index contributed by atoms with van der Waals surface area (Å²) in [5, 5.41) is 0. The number of benzene rings is 2. The van der Waals surface area contributed by atoms with Crippen molar-refractivity contribution in [2.24, 2.45) is 5.73 Å². The number of carbonyl (C=O) groups is 4. The topological polar surface area (TPSA) is 110 Å². The first kappa shape index (κ1) is 31.3. The van der Waals surface area contributed by atoms with Crippen LogP contribution < -0.4 is 10.5 Å². The number of aldehydes is 2. The van der Waals surface area contributed by atoms with Crippen molar-refractivity contribution in [2.45, 2.75) is 32.4 Å². The lowest BCUT2D eigenvalue weighted by Gasteiger charge is -2.25. The van der Waals surface area contributed by atoms with Crippen LogP contribution in [0.3, 0.4) is 0 Å². The van der Waals surface area contributed by atoms with Gasteiger partial charge < -0.3 is 15.3 Å². The minimum absolute atomic E-state index is 0.0000996. The molecule has 0 aromatic heterocycles. The van der Waals surface area contributed by atoms with Crippen LogP contribution in [0.25, 0.3) is 0 Å². The van der Waals surface area contributed by atoms with E-state index in [4.69, 9.17) is 9.53 Å². The molecule has 2 rings (SSSR count). The van der Waals surface area contributed by atoms with E-state index in [1.165, 1.54) is 13.1 Å². The van der Waals surface area contributed by atoms with E-state index in [2.05, 4.69) is 17.6 Å². The van der Waals surface area contributed by atoms with E-state index in [1.807, 2.05) is 0 Å². The third kappa shape index (κ3) is 10.4. The predicted molar refractivity (Wildman–Crippen MR) is 138 cm³/mol. The van der Waals surface area contributed by atoms with Crippen LogP contribution in [0.1, 0.15) is 39.9 Å². The Bertz CT molecular complexity index is 1140. The number of hydrogen-bond acceptors (Lipinski definition) is 7. The van der Waals surface area contributed by atoms with E-state index in [0.29, 0.717) is 34.3 Å². The molecule has 0 radical (unpaired) electrons. The summed E-state index contributed by atoms with van der Waals surface area (Å²) in [4.78, 5) is 45.4. The van der Waals surface area contributed by atoms with Crippen LogP contribution in [0.4, 0.5) is 8.28 Å². The molecule has 1 atom stereocenters. The highest BCUT2D eigenvalue weighted by atomic mass is 32.2. The molecule has 0 aliphatic carbocycles. The number of ether oxygens (including phenoxy) is 1. The van der Waals surface area contributed by atoms with Gasteiger partial charge in [-0.15, -0.1) is 3.89 Å². The quantitative estimate of drug-likeness (QED) is 0.268. The Kier molecular flexibility index (Phi) is 14.2. The van der Waals surface area contributed by atoms with Crippen molar-refractivity contribution < 1.29 is 32.2 Å². The number of aryl methyl sites for hydroxylation is 1. The molecule has 2 aromatic carbocycles. The van der Waals surface area contributed by atoms with Crippen LogP contribution >= 0.6 is 12.3 Å². The number of rotatable bonds is 11. The molecule has 0 aliphatic heterocycles. The zero-order chi connectivity index (χ0) is 27.8. The van der Waals surface area contributed by atoms with Crippen LogP contribution in [0.2, 0.25) is 0 Å². The van der Waals surface area contributed by atoms with Crippen molar-refractivity contribution in [3.8, 4) is 17.6 Å². The van der Waals surface area contributed by atoms with Crippen molar-refractivity contribution >= 4 is 37.2 Å². The highest BCUT2D eigenvalue weighted by Crippen LogP contribution is 2.19. The number of amides is 2. The molecular weight excluding hydrogens is 504 g/mol. The van der Waals surface area contributed by atoms with Gasteiger partial charge in [-0.3, -0.25) is 23.6 Å². The molecule has 0 saturated carbocycles. The van der Waals surface area contributed by atoms with Gasteiger partial charge in [0.05, 0.1) is 6.04 Å². The molecule has 0 heterocycles. The summed E-state index contributed by atoms with van der Waals surface area (Å²) in [6, 6.07) is 9.06. The zero-order valence-corrected chi connectivity index (χ0v) is 21.6. The highest BCUT2D eigenvalue weighted by molar-refractivity contribution is 7.92. The van der Waals surface area contributed by atoms with Gasteiger partial charge in [-0.25, -0.2) is 4.39 Å². The van der Waals surface area contributed by atoms with Crippen molar-refractivity contribution in [1.29, 1.82) is 0 Å². The lowest BCUT2D eigenvalue weighted by Crippen LogP contribution is -2.34. The second-order valence-electron chi connectivity index (χ2n) is 7.75. The fourth-order valence-electron chi connectivity index (χ4n) is 3.15. The van der Waals surface area contributed by atoms with Crippen molar-refractivity contribution in [1.82, 2.24) is 9.21 Å². The van der Waals surface area contributed by atoms with Gasteiger partial charge in [-0.1, -0.05) is 30.0 Å². The Hall–Kier alpha value is -3.75. The summed E-state index contributed by atoms with van der Waals surface area (Å²) in [6.45, 7) is 1.91. The number of carbonyl (C=O) groups excluding carboxylic acids is 4. The summed E-state index contributed by atoms with van der Waals surface area (Å²) < 4.78 is 32.5. The Balaban J connectivity index is 0.00000217. The number of nitrogens with two attached hydrogens (primary N) is 1. The largest absolute Gasteiger partial charge is 0.481 e. The summed E-state index contributed by atoms with van der Waals surface area (Å²) in [7, 11) is 3.02. The van der Waals surface area contributed by atoms with Gasteiger partial charge in [0.1, 0.15) is 30.7 Å². The third-order valence-corrected chi connectivity index (χ3v) is 5.67. The predicted octanol–water partition coefficient (Wildman–Crippen LogP) is 3.25. The number of likely N-dealkylation sites (N-methyl/N-ethyl adjacent to an activating group) is 1. The molecule has 0 spiro atoms. The standard InChI is InChI=1S/C25H26F2N2O4S.CH3NO/c1-18-9-11-22(14-24(18)26)33-13-5-8-19-6-4-7-20(16-30)23(19)15-28(2)21(17-31)10-12-25(32)29(3)34-27;2-1-3/h4,6-7,9,11,14,16-17,21H,10,12-13,15H2,1-3H3;1H,(H2,2,3). The second kappa shape index (κ2) is 16.8. The van der Waals surface area contributed by atoms with Gasteiger partial charge in [-0.2, -0.15) is 0 Å². The van der Waals surface area contributed by atoms with Gasteiger partial charge >= 0.3 is 0 Å². The van der Waals surface area contributed by atoms with Gasteiger partial charge in [0.2, 0.25) is 12.3 Å². The maximum atomic E-state index is 13.6. The monoisotopic (exact) mass is 533 g/mol. The normalized spacial score (nSPS) is 10.8. The summed E-state index contributed by atoms with van der Waals surface area (Å²) >= 11 is -0.182. The number of hydrogen-bond donors (Lipinski definition) is 1. The minimum Gasteiger partial charge on any atom is -0.481 e. The smallest absolute Gasteiger partial charge is 0.234 e. The number of halogens is 2. The molecule has 0 bridgehead atoms. The average molecular weight is 534 g/mol. The van der Waals surface area contributed by atoms with E-state index >= 15 is 0 Å². The van der Waals surface area contributed by atoms with E-state index in [1.54, 1.807) is 49.2 Å². The van der Waals surface area contributed by atoms with Crippen LogP contribution in [0, 0.1) is 24.6 Å². The summed E-state index contributed by atoms with van der Waals surface area (Å²) in [5.74, 6) is 5.40. The summed E-state index contributed by atoms with van der Waals surface area (Å²) in [6.07, 6.45) is 1.89. The van der Waals surface area contributed by atoms with Crippen molar-refractivity contribution in [3.63, 3.8) is 0 Å². The van der Waals surface area contributed by atoms with Gasteiger partial charge in [0.15, 0.2) is 12.3 Å². The second-order valence-corrected chi connectivity index (χ2v) is 8.43. The molecule has 2 N–H and O–H groups in total. The molecule has 2 aromatic rings. The van der Waals surface area contributed by atoms with Crippen LogP contribution in [0.15, 0.2) is 36.4 Å². The minimum atomic E-state index is -0.609. The zero-order valence-electron chi connectivity index (χ0n) is 20.8. The molecular formula is C26H29F2N3O5S. The first-order chi connectivity index (χ1) is 17.7. The fraction of sp³-hybridized carbons (Fsp3) is 0.308. The van der Waals surface area contributed by atoms with Crippen LogP contribution in [-0.4, -0.2) is 60.8 Å². The molecule has 37 heavy (non-hydrogen) atoms. The maximum Gasteiger partial charge on any atom is 0.234 e. The van der Waals surface area contributed by atoms with Crippen LogP contribution in [0.5, 0.6) is 5.75 Å². The van der Waals surface area contributed by atoms with Gasteiger partial charge in [0, 0.05) is 37.2 Å². The first-order valence-corrected chi connectivity index (χ1v) is 11.7. The summed E-state index contributed by atoms with van der Waals surface area (Å²) in [5.41, 5.74) is 6.33. The molecule has 198 valence electrons. The average Bonchev–Trinajstić information content (AvgIpc) is 2.89. The Labute approximate surface area is 219 Å². The fourth-order valence-corrected chi connectivity index (χ4v) is 3.32. The molecule has 0 saturated heterocycles. The molecule has 0 fully saturated rings. The maximum absolute atomic E-state index is 13.6. The van der Waals surface area contributed by atoms with E-state index in [-0.39, 0.29) is 50.6 Å². The molecule has 0 aliphatic rings. The molecule has 1 unspecified atom stereocenters. The van der Waals surface area contributed by atoms with Crippen LogP contribution in [-0.2, 0) is 20.9 Å². The number of nitrogens with zero attached hydrogens (tertiary/aromatic N) is 2. The molecule has 11 heteroatoms. The van der Waals surface area contributed by atoms with E-state index in [9.17, 15) is 22.7 Å². The Morgan fingerprint density at radius 3 is 2.51 bits per heavy atom. The lowest BCUT2D eigenvalue weighted by molar-refractivity contribution is -0.125. The SMILES string of the molecule is Cc1ccc(OCC#Cc2cccc(C=O)c2CN(C)C(C=O)CCC(=O)N(C)SF)cc1F.NC=O. The Morgan fingerprint density at radius 1 is 1.22 bits per heavy atom. The molecule has 2 amide bonds. The van der Waals surface area contributed by atoms with Crippen molar-refractivity contribution in [3.05, 3.63) is 64.5 Å². The third-order valence-electron chi connectivity index (χ3n) is 5.26. The van der Waals surface area contributed by atoms with Gasteiger partial charge in [-0.05, 0) is 43.7 Å². The van der Waals surface area contributed by atoms with E-state index in [0.717, 1.165) is 10.6 Å². The van der Waals surface area contributed by atoms with Crippen molar-refractivity contribution in [2.75, 3.05) is 20.7 Å². The number of primary amides is 1. The lowest BCUT2D eigenvalue weighted by atomic mass is 10.0. The highest BCUT2D eigenvalue weighted by Gasteiger charge is 2.20. The van der Waals surface area contributed by atoms with Gasteiger partial charge in [0.25, 0.3) is 0 Å². The Morgan fingerprint density at radius 2 is 1.92 bits per heavy atom.